The van der Waals surface area contributed by atoms with E-state index < -0.39 is 11.7 Å². The minimum Gasteiger partial charge on any atom is -0.497 e. The van der Waals surface area contributed by atoms with E-state index in [1.165, 1.54) is 19.2 Å². The van der Waals surface area contributed by atoms with Crippen LogP contribution in [0.15, 0.2) is 23.2 Å². The van der Waals surface area contributed by atoms with Gasteiger partial charge in [0, 0.05) is 32.7 Å². The summed E-state index contributed by atoms with van der Waals surface area (Å²) in [5, 5.41) is 6.23. The SMILES string of the molecule is CCNC(=NCc1ccc(OC)cc1C(F)(F)F)NCCN1CCOCC1. The average molecular weight is 388 g/mol. The molecule has 0 unspecified atom stereocenters. The van der Waals surface area contributed by atoms with E-state index in [-0.39, 0.29) is 17.9 Å². The number of methoxy groups -OCH3 is 1. The molecule has 2 N–H and O–H groups in total. The second-order valence-corrected chi connectivity index (χ2v) is 6.10. The van der Waals surface area contributed by atoms with Gasteiger partial charge in [0.2, 0.25) is 0 Å². The van der Waals surface area contributed by atoms with Gasteiger partial charge >= 0.3 is 6.18 Å². The lowest BCUT2D eigenvalue weighted by atomic mass is 10.1. The van der Waals surface area contributed by atoms with Crippen molar-refractivity contribution in [2.24, 2.45) is 4.99 Å². The van der Waals surface area contributed by atoms with Crippen LogP contribution >= 0.6 is 0 Å². The largest absolute Gasteiger partial charge is 0.497 e. The van der Waals surface area contributed by atoms with Gasteiger partial charge in [-0.3, -0.25) is 4.90 Å². The molecule has 1 saturated heterocycles. The molecule has 0 saturated carbocycles. The molecule has 9 heteroatoms. The Hall–Kier alpha value is -2.00. The Morgan fingerprint density at radius 3 is 2.63 bits per heavy atom. The average Bonchev–Trinajstić information content (AvgIpc) is 2.66. The highest BCUT2D eigenvalue weighted by molar-refractivity contribution is 5.79. The molecule has 1 heterocycles. The summed E-state index contributed by atoms with van der Waals surface area (Å²) in [5.41, 5.74) is -0.622. The number of nitrogens with one attached hydrogen (secondary N) is 2. The summed E-state index contributed by atoms with van der Waals surface area (Å²) in [5.74, 6) is 0.667. The van der Waals surface area contributed by atoms with Crippen LogP contribution in [0.1, 0.15) is 18.1 Å². The summed E-state index contributed by atoms with van der Waals surface area (Å²) in [7, 11) is 1.34. The number of aliphatic imine (C=N–C) groups is 1. The Kier molecular flexibility index (Phi) is 8.18. The van der Waals surface area contributed by atoms with Crippen LogP contribution in [0.4, 0.5) is 13.2 Å². The van der Waals surface area contributed by atoms with Crippen LogP contribution in [-0.2, 0) is 17.5 Å². The number of benzene rings is 1. The number of guanidine groups is 1. The minimum atomic E-state index is -4.46. The Balaban J connectivity index is 2.00. The highest BCUT2D eigenvalue weighted by Gasteiger charge is 2.33. The van der Waals surface area contributed by atoms with Crippen LogP contribution in [0.3, 0.4) is 0 Å². The van der Waals surface area contributed by atoms with E-state index in [1.807, 2.05) is 6.92 Å². The van der Waals surface area contributed by atoms with Gasteiger partial charge in [0.15, 0.2) is 5.96 Å². The molecule has 6 nitrogen and oxygen atoms in total. The molecule has 0 aliphatic carbocycles. The van der Waals surface area contributed by atoms with E-state index in [2.05, 4.69) is 20.5 Å². The van der Waals surface area contributed by atoms with Gasteiger partial charge in [-0.1, -0.05) is 6.07 Å². The van der Waals surface area contributed by atoms with E-state index in [0.717, 1.165) is 38.9 Å². The number of hydrogen-bond acceptors (Lipinski definition) is 4. The standard InChI is InChI=1S/C18H27F3N4O2/c1-3-22-17(23-6-7-25-8-10-27-11-9-25)24-13-14-4-5-15(26-2)12-16(14)18(19,20)21/h4-5,12H,3,6-11,13H2,1-2H3,(H2,22,23,24). The molecular weight excluding hydrogens is 361 g/mol. The van der Waals surface area contributed by atoms with Gasteiger partial charge in [-0.05, 0) is 24.6 Å². The number of alkyl halides is 3. The number of nitrogens with zero attached hydrogens (tertiary/aromatic N) is 2. The van der Waals surface area contributed by atoms with Crippen molar-refractivity contribution in [3.8, 4) is 5.75 Å². The van der Waals surface area contributed by atoms with Gasteiger partial charge in [-0.15, -0.1) is 0 Å². The summed E-state index contributed by atoms with van der Waals surface area (Å²) in [6.07, 6.45) is -4.46. The van der Waals surface area contributed by atoms with Gasteiger partial charge in [0.1, 0.15) is 5.75 Å². The smallest absolute Gasteiger partial charge is 0.416 e. The van der Waals surface area contributed by atoms with Crippen molar-refractivity contribution in [2.75, 3.05) is 53.0 Å². The summed E-state index contributed by atoms with van der Waals surface area (Å²) in [6.45, 7) is 7.16. The summed E-state index contributed by atoms with van der Waals surface area (Å²) >= 11 is 0. The zero-order valence-corrected chi connectivity index (χ0v) is 15.7. The molecule has 1 aliphatic rings. The maximum absolute atomic E-state index is 13.3. The van der Waals surface area contributed by atoms with E-state index >= 15 is 0 Å². The van der Waals surface area contributed by atoms with Gasteiger partial charge in [0.25, 0.3) is 0 Å². The van der Waals surface area contributed by atoms with Crippen LogP contribution in [0, 0.1) is 0 Å². The molecule has 1 aromatic rings. The molecule has 1 fully saturated rings. The second-order valence-electron chi connectivity index (χ2n) is 6.10. The fourth-order valence-corrected chi connectivity index (χ4v) is 2.75. The predicted octanol–water partition coefficient (Wildman–Crippen LogP) is 2.10. The second kappa shape index (κ2) is 10.4. The molecular formula is C18H27F3N4O2. The first-order valence-electron chi connectivity index (χ1n) is 9.00. The van der Waals surface area contributed by atoms with Crippen LogP contribution in [0.2, 0.25) is 0 Å². The highest BCUT2D eigenvalue weighted by Crippen LogP contribution is 2.34. The van der Waals surface area contributed by atoms with Crippen molar-refractivity contribution in [2.45, 2.75) is 19.6 Å². The first-order valence-corrected chi connectivity index (χ1v) is 9.00. The zero-order valence-electron chi connectivity index (χ0n) is 15.7. The molecule has 0 spiro atoms. The maximum Gasteiger partial charge on any atom is 0.416 e. The number of hydrogen-bond donors (Lipinski definition) is 2. The van der Waals surface area contributed by atoms with E-state index in [9.17, 15) is 13.2 Å². The molecule has 0 atom stereocenters. The molecule has 152 valence electrons. The van der Waals surface area contributed by atoms with E-state index in [1.54, 1.807) is 0 Å². The monoisotopic (exact) mass is 388 g/mol. The van der Waals surface area contributed by atoms with Gasteiger partial charge in [0.05, 0.1) is 32.4 Å². The first-order chi connectivity index (χ1) is 12.9. The Morgan fingerprint density at radius 1 is 1.26 bits per heavy atom. The van der Waals surface area contributed by atoms with Crippen molar-refractivity contribution >= 4 is 5.96 Å². The molecule has 0 amide bonds. The van der Waals surface area contributed by atoms with Gasteiger partial charge in [-0.25, -0.2) is 4.99 Å². The van der Waals surface area contributed by atoms with Crippen LogP contribution in [-0.4, -0.2) is 63.9 Å². The molecule has 0 radical (unpaired) electrons. The molecule has 2 rings (SSSR count). The minimum absolute atomic E-state index is 0.0777. The Bertz CT molecular complexity index is 617. The Morgan fingerprint density at radius 2 is 2.00 bits per heavy atom. The number of halogens is 3. The van der Waals surface area contributed by atoms with E-state index in [4.69, 9.17) is 9.47 Å². The van der Waals surface area contributed by atoms with Crippen molar-refractivity contribution in [3.05, 3.63) is 29.3 Å². The van der Waals surface area contributed by atoms with Crippen molar-refractivity contribution in [1.82, 2.24) is 15.5 Å². The molecule has 0 aromatic heterocycles. The van der Waals surface area contributed by atoms with Crippen molar-refractivity contribution < 1.29 is 22.6 Å². The molecule has 27 heavy (non-hydrogen) atoms. The summed E-state index contributed by atoms with van der Waals surface area (Å²) in [4.78, 5) is 6.58. The van der Waals surface area contributed by atoms with Gasteiger partial charge < -0.3 is 20.1 Å². The zero-order chi connectivity index (χ0) is 19.7. The third-order valence-electron chi connectivity index (χ3n) is 4.20. The summed E-state index contributed by atoms with van der Waals surface area (Å²) < 4.78 is 50.1. The third-order valence-corrected chi connectivity index (χ3v) is 4.20. The third kappa shape index (κ3) is 6.91. The highest BCUT2D eigenvalue weighted by atomic mass is 19.4. The fraction of sp³-hybridized carbons (Fsp3) is 0.611. The quantitative estimate of drug-likeness (QED) is 0.554. The van der Waals surface area contributed by atoms with Crippen LogP contribution < -0.4 is 15.4 Å². The maximum atomic E-state index is 13.3. The molecule has 0 bridgehead atoms. The number of morpholine rings is 1. The van der Waals surface area contributed by atoms with Crippen LogP contribution in [0.25, 0.3) is 0 Å². The molecule has 1 aromatic carbocycles. The predicted molar refractivity (Wildman–Crippen MR) is 98.1 cm³/mol. The first kappa shape index (κ1) is 21.3. The van der Waals surface area contributed by atoms with Gasteiger partial charge in [-0.2, -0.15) is 13.2 Å². The van der Waals surface area contributed by atoms with E-state index in [0.29, 0.717) is 19.0 Å². The number of ether oxygens (including phenoxy) is 2. The van der Waals surface area contributed by atoms with Crippen molar-refractivity contribution in [1.29, 1.82) is 0 Å². The lowest BCUT2D eigenvalue weighted by molar-refractivity contribution is -0.138. The topological polar surface area (TPSA) is 58.1 Å². The number of rotatable bonds is 7. The summed E-state index contributed by atoms with van der Waals surface area (Å²) in [6, 6.07) is 3.92. The van der Waals surface area contributed by atoms with Crippen molar-refractivity contribution in [3.63, 3.8) is 0 Å². The normalized spacial score (nSPS) is 16.3. The van der Waals surface area contributed by atoms with Crippen LogP contribution in [0.5, 0.6) is 5.75 Å². The lowest BCUT2D eigenvalue weighted by Gasteiger charge is -2.26. The Labute approximate surface area is 157 Å². The lowest BCUT2D eigenvalue weighted by Crippen LogP contribution is -2.44. The molecule has 1 aliphatic heterocycles. The fourth-order valence-electron chi connectivity index (χ4n) is 2.75.